The molecular weight excluding hydrogens is 364 g/mol. The van der Waals surface area contributed by atoms with Crippen LogP contribution in [0.3, 0.4) is 0 Å². The van der Waals surface area contributed by atoms with Crippen LogP contribution in [0.25, 0.3) is 0 Å². The Balaban J connectivity index is 1.51. The van der Waals surface area contributed by atoms with Gasteiger partial charge in [-0.3, -0.25) is 14.2 Å². The fourth-order valence-electron chi connectivity index (χ4n) is 3.01. The highest BCUT2D eigenvalue weighted by atomic mass is 32.2. The number of aromatic nitrogens is 2. The van der Waals surface area contributed by atoms with Crippen LogP contribution in [0.2, 0.25) is 0 Å². The van der Waals surface area contributed by atoms with Crippen molar-refractivity contribution in [1.82, 2.24) is 9.78 Å². The van der Waals surface area contributed by atoms with Crippen LogP contribution in [0.4, 0.5) is 11.4 Å². The molecule has 2 aromatic carbocycles. The number of nitrogens with one attached hydrogen (secondary N) is 2. The van der Waals surface area contributed by atoms with E-state index >= 15 is 0 Å². The lowest BCUT2D eigenvalue weighted by Crippen LogP contribution is -2.20. The van der Waals surface area contributed by atoms with E-state index in [9.17, 15) is 13.2 Å². The van der Waals surface area contributed by atoms with Gasteiger partial charge in [-0.15, -0.1) is 0 Å². The van der Waals surface area contributed by atoms with E-state index in [0.717, 1.165) is 11.1 Å². The molecule has 0 spiro atoms. The fourth-order valence-corrected chi connectivity index (χ4v) is 4.09. The summed E-state index contributed by atoms with van der Waals surface area (Å²) in [5, 5.41) is 6.96. The summed E-state index contributed by atoms with van der Waals surface area (Å²) in [6.07, 6.45) is 4.03. The summed E-state index contributed by atoms with van der Waals surface area (Å²) in [5.74, 6) is -0.0536. The molecule has 4 rings (SSSR count). The molecule has 1 aliphatic rings. The maximum absolute atomic E-state index is 12.7. The quantitative estimate of drug-likeness (QED) is 0.709. The van der Waals surface area contributed by atoms with Gasteiger partial charge in [-0.05, 0) is 35.7 Å². The van der Waals surface area contributed by atoms with Crippen LogP contribution >= 0.6 is 0 Å². The second-order valence-corrected chi connectivity index (χ2v) is 8.07. The van der Waals surface area contributed by atoms with E-state index in [1.807, 2.05) is 30.3 Å². The molecule has 8 heteroatoms. The zero-order valence-electron chi connectivity index (χ0n) is 14.4. The minimum Gasteiger partial charge on any atom is -0.326 e. The van der Waals surface area contributed by atoms with E-state index in [-0.39, 0.29) is 10.8 Å². The van der Waals surface area contributed by atoms with Gasteiger partial charge in [-0.1, -0.05) is 30.3 Å². The van der Waals surface area contributed by atoms with Crippen molar-refractivity contribution in [3.63, 3.8) is 0 Å². The molecule has 0 radical (unpaired) electrons. The van der Waals surface area contributed by atoms with Crippen LogP contribution in [0.5, 0.6) is 0 Å². The Morgan fingerprint density at radius 3 is 2.74 bits per heavy atom. The average molecular weight is 382 g/mol. The van der Waals surface area contributed by atoms with E-state index in [0.29, 0.717) is 30.8 Å². The van der Waals surface area contributed by atoms with Crippen molar-refractivity contribution >= 4 is 27.3 Å². The number of carbonyl (C=O) groups is 1. The number of hydrogen-bond acceptors (Lipinski definition) is 4. The molecule has 1 aromatic heterocycles. The monoisotopic (exact) mass is 382 g/mol. The van der Waals surface area contributed by atoms with E-state index in [1.165, 1.54) is 12.3 Å². The molecule has 7 nitrogen and oxygen atoms in total. The molecule has 1 amide bonds. The maximum atomic E-state index is 12.7. The first kappa shape index (κ1) is 17.3. The average Bonchev–Trinajstić information content (AvgIpc) is 3.08. The molecule has 0 bridgehead atoms. The summed E-state index contributed by atoms with van der Waals surface area (Å²) < 4.78 is 29.6. The number of carbonyl (C=O) groups excluding carboxylic acids is 1. The van der Waals surface area contributed by atoms with Gasteiger partial charge in [0.25, 0.3) is 10.0 Å². The Morgan fingerprint density at radius 2 is 1.93 bits per heavy atom. The highest BCUT2D eigenvalue weighted by molar-refractivity contribution is 7.92. The molecule has 0 atom stereocenters. The molecule has 0 saturated carbocycles. The molecule has 3 aromatic rings. The van der Waals surface area contributed by atoms with Crippen LogP contribution in [-0.2, 0) is 27.8 Å². The number of aryl methyl sites for hydroxylation is 1. The van der Waals surface area contributed by atoms with Crippen molar-refractivity contribution < 1.29 is 13.2 Å². The fraction of sp³-hybridized carbons (Fsp3) is 0.158. The van der Waals surface area contributed by atoms with Crippen LogP contribution in [0, 0.1) is 0 Å². The molecule has 138 valence electrons. The number of rotatable bonds is 5. The topological polar surface area (TPSA) is 93.1 Å². The number of fused-ring (bicyclic) bond motifs is 1. The van der Waals surface area contributed by atoms with Gasteiger partial charge in [0, 0.05) is 18.3 Å². The largest absolute Gasteiger partial charge is 0.326 e. The van der Waals surface area contributed by atoms with Crippen molar-refractivity contribution in [3.8, 4) is 0 Å². The van der Waals surface area contributed by atoms with Crippen molar-refractivity contribution in [2.24, 2.45) is 0 Å². The van der Waals surface area contributed by atoms with E-state index in [1.54, 1.807) is 23.0 Å². The van der Waals surface area contributed by atoms with Gasteiger partial charge in [0.2, 0.25) is 5.91 Å². The number of amides is 1. The highest BCUT2D eigenvalue weighted by Gasteiger charge is 2.20. The Kier molecular flexibility index (Phi) is 4.41. The minimum absolute atomic E-state index is 0.0536. The summed E-state index contributed by atoms with van der Waals surface area (Å²) in [4.78, 5) is 11.6. The molecular formula is C19H18N4O3S. The minimum atomic E-state index is -3.74. The molecule has 0 aliphatic carbocycles. The van der Waals surface area contributed by atoms with Crippen LogP contribution in [0.1, 0.15) is 17.5 Å². The second kappa shape index (κ2) is 6.88. The number of hydrogen-bond donors (Lipinski definition) is 2. The molecule has 2 N–H and O–H groups in total. The summed E-state index contributed by atoms with van der Waals surface area (Å²) in [7, 11) is -3.74. The lowest BCUT2D eigenvalue weighted by atomic mass is 10.0. The number of benzene rings is 2. The smallest absolute Gasteiger partial charge is 0.262 e. The molecule has 1 aliphatic heterocycles. The van der Waals surface area contributed by atoms with Crippen LogP contribution < -0.4 is 10.0 Å². The van der Waals surface area contributed by atoms with E-state index < -0.39 is 10.0 Å². The zero-order chi connectivity index (χ0) is 18.9. The van der Waals surface area contributed by atoms with Gasteiger partial charge in [-0.2, -0.15) is 5.10 Å². The number of nitrogens with zero attached hydrogens (tertiary/aromatic N) is 2. The molecule has 27 heavy (non-hydrogen) atoms. The predicted molar refractivity (Wildman–Crippen MR) is 102 cm³/mol. The third kappa shape index (κ3) is 3.85. The van der Waals surface area contributed by atoms with E-state index in [4.69, 9.17) is 0 Å². The normalized spacial score (nSPS) is 13.7. The predicted octanol–water partition coefficient (Wildman–Crippen LogP) is 2.62. The van der Waals surface area contributed by atoms with Gasteiger partial charge < -0.3 is 5.32 Å². The van der Waals surface area contributed by atoms with Gasteiger partial charge in [0.15, 0.2) is 0 Å². The van der Waals surface area contributed by atoms with Crippen molar-refractivity contribution in [3.05, 3.63) is 72.1 Å². The molecule has 2 heterocycles. The summed E-state index contributed by atoms with van der Waals surface area (Å²) in [5.41, 5.74) is 2.96. The van der Waals surface area contributed by atoms with Gasteiger partial charge in [0.05, 0.1) is 23.3 Å². The lowest BCUT2D eigenvalue weighted by Gasteiger charge is -2.17. The Labute approximate surface area is 157 Å². The SMILES string of the molecule is O=C1CCc2cc(S(=O)(=O)Nc3cnn(Cc4ccccc4)c3)ccc2N1. The van der Waals surface area contributed by atoms with Gasteiger partial charge in [0.1, 0.15) is 0 Å². The molecule has 0 unspecified atom stereocenters. The lowest BCUT2D eigenvalue weighted by molar-refractivity contribution is -0.116. The highest BCUT2D eigenvalue weighted by Crippen LogP contribution is 2.26. The first-order chi connectivity index (χ1) is 13.0. The summed E-state index contributed by atoms with van der Waals surface area (Å²) in [6, 6.07) is 14.5. The standard InChI is InChI=1S/C19H18N4O3S/c24-19-9-6-15-10-17(7-8-18(15)21-19)27(25,26)22-16-11-20-23(13-16)12-14-4-2-1-3-5-14/h1-5,7-8,10-11,13,22H,6,9,12H2,(H,21,24). The Bertz CT molecular complexity index is 1090. The number of sulfonamides is 1. The van der Waals surface area contributed by atoms with Crippen molar-refractivity contribution in [2.45, 2.75) is 24.3 Å². The van der Waals surface area contributed by atoms with Crippen LogP contribution in [-0.4, -0.2) is 24.1 Å². The van der Waals surface area contributed by atoms with Crippen LogP contribution in [0.15, 0.2) is 65.8 Å². The Hall–Kier alpha value is -3.13. The van der Waals surface area contributed by atoms with E-state index in [2.05, 4.69) is 15.1 Å². The van der Waals surface area contributed by atoms with Crippen molar-refractivity contribution in [1.29, 1.82) is 0 Å². The maximum Gasteiger partial charge on any atom is 0.262 e. The Morgan fingerprint density at radius 1 is 1.11 bits per heavy atom. The van der Waals surface area contributed by atoms with Gasteiger partial charge >= 0.3 is 0 Å². The summed E-state index contributed by atoms with van der Waals surface area (Å²) >= 11 is 0. The summed E-state index contributed by atoms with van der Waals surface area (Å²) in [6.45, 7) is 0.557. The third-order valence-electron chi connectivity index (χ3n) is 4.36. The second-order valence-electron chi connectivity index (χ2n) is 6.38. The molecule has 0 saturated heterocycles. The molecule has 0 fully saturated rings. The first-order valence-corrected chi connectivity index (χ1v) is 10.00. The third-order valence-corrected chi connectivity index (χ3v) is 5.73. The van der Waals surface area contributed by atoms with Crippen molar-refractivity contribution in [2.75, 3.05) is 10.0 Å². The number of anilines is 2. The first-order valence-electron chi connectivity index (χ1n) is 8.52. The zero-order valence-corrected chi connectivity index (χ0v) is 15.2. The van der Waals surface area contributed by atoms with Gasteiger partial charge in [-0.25, -0.2) is 8.42 Å².